The maximum absolute atomic E-state index is 13.0. The number of hydrogen-bond acceptors (Lipinski definition) is 5. The first-order valence-electron chi connectivity index (χ1n) is 9.27. The lowest BCUT2D eigenvalue weighted by Crippen LogP contribution is -2.59. The number of rotatable bonds is 7. The molecule has 1 aliphatic rings. The molecule has 148 valence electrons. The number of likely N-dealkylation sites (tertiary alicyclic amines) is 1. The molecule has 0 radical (unpaired) electrons. The zero-order valence-electron chi connectivity index (χ0n) is 16.1. The summed E-state index contributed by atoms with van der Waals surface area (Å²) in [7, 11) is 0. The van der Waals surface area contributed by atoms with E-state index in [9.17, 15) is 19.5 Å². The summed E-state index contributed by atoms with van der Waals surface area (Å²) >= 11 is 2.86. The third kappa shape index (κ3) is 5.36. The summed E-state index contributed by atoms with van der Waals surface area (Å²) in [6.45, 7) is 5.57. The number of thioether (sulfide) groups is 2. The molecule has 2 rings (SSSR count). The van der Waals surface area contributed by atoms with Gasteiger partial charge in [0.25, 0.3) is 0 Å². The highest BCUT2D eigenvalue weighted by Crippen LogP contribution is 2.37. The van der Waals surface area contributed by atoms with Gasteiger partial charge in [0.05, 0.1) is 11.7 Å². The number of hydrogen-bond donors (Lipinski definition) is 1. The van der Waals surface area contributed by atoms with Crippen LogP contribution in [0.4, 0.5) is 4.79 Å². The molecule has 1 aromatic carbocycles. The molecule has 5 nitrogen and oxygen atoms in total. The predicted octanol–water partition coefficient (Wildman–Crippen LogP) is 4.55. The van der Waals surface area contributed by atoms with Crippen LogP contribution < -0.4 is 0 Å². The summed E-state index contributed by atoms with van der Waals surface area (Å²) in [4.78, 5) is 36.6. The minimum absolute atomic E-state index is 0.0395. The molecular weight excluding hydrogens is 382 g/mol. The number of carbonyl (C=O) groups is 3. The molecule has 1 aliphatic heterocycles. The molecule has 0 spiro atoms. The molecule has 0 aromatic heterocycles. The van der Waals surface area contributed by atoms with Crippen molar-refractivity contribution < 1.29 is 24.0 Å². The Bertz CT molecular complexity index is 682. The highest BCUT2D eigenvalue weighted by molar-refractivity contribution is 8.14. The smallest absolute Gasteiger partial charge is 0.435 e. The van der Waals surface area contributed by atoms with Gasteiger partial charge in [0.1, 0.15) is 12.6 Å². The fourth-order valence-corrected chi connectivity index (χ4v) is 5.87. The van der Waals surface area contributed by atoms with Crippen molar-refractivity contribution in [2.24, 2.45) is 0 Å². The maximum atomic E-state index is 13.0. The first kappa shape index (κ1) is 22.0. The molecule has 0 saturated carbocycles. The average Bonchev–Trinajstić information content (AvgIpc) is 2.97. The number of carboxylic acid groups (broad SMARTS) is 1. The Balaban J connectivity index is 2.08. The third-order valence-corrected chi connectivity index (χ3v) is 7.63. The zero-order valence-corrected chi connectivity index (χ0v) is 17.7. The van der Waals surface area contributed by atoms with E-state index >= 15 is 0 Å². The van der Waals surface area contributed by atoms with E-state index in [1.807, 2.05) is 32.0 Å². The van der Waals surface area contributed by atoms with Crippen molar-refractivity contribution in [3.05, 3.63) is 35.9 Å². The lowest BCUT2D eigenvalue weighted by molar-refractivity contribution is -0.792. The largest absolute Gasteiger partial charge is 0.521 e. The molecule has 1 aromatic rings. The molecule has 1 heterocycles. The maximum Gasteiger partial charge on any atom is 0.521 e. The highest BCUT2D eigenvalue weighted by atomic mass is 32.2. The number of benzene rings is 1. The second-order valence-electron chi connectivity index (χ2n) is 7.07. The molecule has 1 unspecified atom stereocenters. The van der Waals surface area contributed by atoms with Crippen LogP contribution in [0.25, 0.3) is 0 Å². The summed E-state index contributed by atoms with van der Waals surface area (Å²) in [6, 6.07) is 9.81. The topological polar surface area (TPSA) is 71.4 Å². The van der Waals surface area contributed by atoms with E-state index in [1.165, 1.54) is 12.5 Å². The Morgan fingerprint density at radius 2 is 1.93 bits per heavy atom. The molecule has 2 amide bonds. The average molecular weight is 411 g/mol. The van der Waals surface area contributed by atoms with Crippen LogP contribution in [0.3, 0.4) is 0 Å². The Morgan fingerprint density at radius 1 is 1.26 bits per heavy atom. The van der Waals surface area contributed by atoms with Gasteiger partial charge in [-0.2, -0.15) is 9.28 Å². The van der Waals surface area contributed by atoms with Gasteiger partial charge >= 0.3 is 12.0 Å². The van der Waals surface area contributed by atoms with E-state index in [4.69, 9.17) is 0 Å². The molecule has 0 aliphatic carbocycles. The van der Waals surface area contributed by atoms with Gasteiger partial charge in [0.15, 0.2) is 5.12 Å². The van der Waals surface area contributed by atoms with Crippen molar-refractivity contribution in [1.82, 2.24) is 0 Å². The molecule has 4 atom stereocenters. The van der Waals surface area contributed by atoms with Crippen molar-refractivity contribution in [2.45, 2.75) is 62.3 Å². The quantitative estimate of drug-likeness (QED) is 0.665. The summed E-state index contributed by atoms with van der Waals surface area (Å²) < 4.78 is -0.512. The van der Waals surface area contributed by atoms with E-state index < -0.39 is 10.6 Å². The normalized spacial score (nSPS) is 25.9. The molecular formula is C20H28NO4S2+. The molecule has 7 heteroatoms. The Hall–Kier alpha value is -1.31. The Kier molecular flexibility index (Phi) is 7.94. The number of amides is 2. The van der Waals surface area contributed by atoms with Gasteiger partial charge in [-0.15, -0.1) is 11.8 Å². The molecule has 1 N–H and O–H groups in total. The van der Waals surface area contributed by atoms with Crippen LogP contribution >= 0.6 is 23.5 Å². The van der Waals surface area contributed by atoms with Gasteiger partial charge in [-0.25, -0.2) is 4.79 Å². The van der Waals surface area contributed by atoms with Crippen molar-refractivity contribution in [1.29, 1.82) is 0 Å². The standard InChI is InChI=1S/C20H27NO4S2/c1-4-17(27-15(3)22)11-19(23)21(20(24)25)12-18(10-14(21)2)26-13-16-8-6-5-7-9-16/h5-9,14,17-18H,4,10-13H2,1-3H3/p+1/t14-,17?,18-,21-/m1/s1. The molecule has 1 saturated heterocycles. The highest BCUT2D eigenvalue weighted by Gasteiger charge is 2.56. The fourth-order valence-electron chi connectivity index (χ4n) is 3.63. The van der Waals surface area contributed by atoms with Crippen molar-refractivity contribution in [2.75, 3.05) is 6.54 Å². The van der Waals surface area contributed by atoms with Crippen LogP contribution in [0.5, 0.6) is 0 Å². The zero-order chi connectivity index (χ0) is 20.0. The van der Waals surface area contributed by atoms with Crippen molar-refractivity contribution in [3.8, 4) is 0 Å². The lowest BCUT2D eigenvalue weighted by atomic mass is 10.1. The molecule has 1 fully saturated rings. The monoisotopic (exact) mass is 410 g/mol. The molecule has 0 bridgehead atoms. The van der Waals surface area contributed by atoms with Gasteiger partial charge in [-0.1, -0.05) is 49.0 Å². The number of carbonyl (C=O) groups excluding carboxylic acids is 2. The van der Waals surface area contributed by atoms with Gasteiger partial charge in [0.2, 0.25) is 0 Å². The van der Waals surface area contributed by atoms with Crippen LogP contribution in [0.1, 0.15) is 45.6 Å². The van der Waals surface area contributed by atoms with Crippen LogP contribution in [0.15, 0.2) is 30.3 Å². The van der Waals surface area contributed by atoms with E-state index in [2.05, 4.69) is 12.1 Å². The van der Waals surface area contributed by atoms with Crippen LogP contribution in [-0.4, -0.2) is 49.8 Å². The van der Waals surface area contributed by atoms with E-state index in [-0.39, 0.29) is 34.0 Å². The van der Waals surface area contributed by atoms with Gasteiger partial charge in [-0.05, 0) is 18.9 Å². The van der Waals surface area contributed by atoms with Crippen LogP contribution in [-0.2, 0) is 15.3 Å². The Morgan fingerprint density at radius 3 is 2.48 bits per heavy atom. The first-order chi connectivity index (χ1) is 12.8. The van der Waals surface area contributed by atoms with Crippen molar-refractivity contribution >= 4 is 40.6 Å². The third-order valence-electron chi connectivity index (χ3n) is 5.15. The van der Waals surface area contributed by atoms with Gasteiger partial charge in [-0.3, -0.25) is 4.79 Å². The fraction of sp³-hybridized carbons (Fsp3) is 0.550. The summed E-state index contributed by atoms with van der Waals surface area (Å²) in [6.07, 6.45) is 0.411. The van der Waals surface area contributed by atoms with E-state index in [0.29, 0.717) is 19.4 Å². The first-order valence-corrected chi connectivity index (χ1v) is 11.2. The lowest BCUT2D eigenvalue weighted by Gasteiger charge is -2.30. The van der Waals surface area contributed by atoms with E-state index in [1.54, 1.807) is 11.8 Å². The van der Waals surface area contributed by atoms with Gasteiger partial charge in [0, 0.05) is 24.3 Å². The Labute approximate surface area is 169 Å². The number of nitrogens with zero attached hydrogens (tertiary/aromatic N) is 1. The molecule has 27 heavy (non-hydrogen) atoms. The van der Waals surface area contributed by atoms with Crippen molar-refractivity contribution in [3.63, 3.8) is 0 Å². The number of imide groups is 1. The second kappa shape index (κ2) is 9.75. The SMILES string of the molecule is CCC(CC(=O)[N@@+]1(C(=O)O)C[C@H](SCc2ccccc2)C[C@H]1C)SC(C)=O. The summed E-state index contributed by atoms with van der Waals surface area (Å²) in [5.74, 6) is 0.530. The summed E-state index contributed by atoms with van der Waals surface area (Å²) in [5.41, 5.74) is 1.20. The summed E-state index contributed by atoms with van der Waals surface area (Å²) in [5, 5.41) is 9.87. The second-order valence-corrected chi connectivity index (χ2v) is 9.84. The minimum atomic E-state index is -1.07. The van der Waals surface area contributed by atoms with Crippen LogP contribution in [0.2, 0.25) is 0 Å². The van der Waals surface area contributed by atoms with Crippen LogP contribution in [0, 0.1) is 0 Å². The van der Waals surface area contributed by atoms with Gasteiger partial charge < -0.3 is 5.11 Å². The minimum Gasteiger partial charge on any atom is -0.435 e. The number of quaternary nitrogens is 1. The predicted molar refractivity (Wildman–Crippen MR) is 111 cm³/mol. The van der Waals surface area contributed by atoms with E-state index in [0.717, 1.165) is 17.5 Å².